The number of carbonyl (C=O) groups is 3. The molecule has 0 heterocycles. The standard InChI is InChI=1S/C18H22Cl3NO6/c1-17(2,3)28-16(25)22-13(9-14(23)27-11-18(19,20)21)15(24)26-10-12-7-5-4-6-8-12/h4-8,13H,9-11H2,1-3H3,(H,22,25)/t13-/m0/s1. The molecule has 1 aromatic rings. The zero-order valence-corrected chi connectivity index (χ0v) is 17.9. The minimum Gasteiger partial charge on any atom is -0.461 e. The summed E-state index contributed by atoms with van der Waals surface area (Å²) in [6.07, 6.45) is -1.41. The predicted octanol–water partition coefficient (Wildman–Crippen LogP) is 3.93. The van der Waals surface area contributed by atoms with Crippen LogP contribution in [0.3, 0.4) is 0 Å². The van der Waals surface area contributed by atoms with E-state index in [4.69, 9.17) is 49.0 Å². The Morgan fingerprint density at radius 1 is 1.04 bits per heavy atom. The van der Waals surface area contributed by atoms with Gasteiger partial charge in [-0.25, -0.2) is 9.59 Å². The molecule has 0 fully saturated rings. The van der Waals surface area contributed by atoms with Gasteiger partial charge in [-0.1, -0.05) is 65.1 Å². The third-order valence-electron chi connectivity index (χ3n) is 2.97. The highest BCUT2D eigenvalue weighted by Crippen LogP contribution is 2.26. The van der Waals surface area contributed by atoms with E-state index in [9.17, 15) is 14.4 Å². The van der Waals surface area contributed by atoms with E-state index >= 15 is 0 Å². The number of halogens is 3. The first kappa shape index (κ1) is 24.3. The summed E-state index contributed by atoms with van der Waals surface area (Å²) in [6.45, 7) is 4.43. The van der Waals surface area contributed by atoms with Crippen molar-refractivity contribution in [2.45, 2.75) is 49.2 Å². The van der Waals surface area contributed by atoms with Crippen LogP contribution < -0.4 is 5.32 Å². The zero-order valence-electron chi connectivity index (χ0n) is 15.7. The van der Waals surface area contributed by atoms with Gasteiger partial charge in [0.1, 0.15) is 24.9 Å². The van der Waals surface area contributed by atoms with Gasteiger partial charge in [0.2, 0.25) is 3.79 Å². The van der Waals surface area contributed by atoms with Crippen molar-refractivity contribution in [2.75, 3.05) is 6.61 Å². The Bertz CT molecular complexity index is 670. The third kappa shape index (κ3) is 11.2. The van der Waals surface area contributed by atoms with Crippen LogP contribution in [0.15, 0.2) is 30.3 Å². The van der Waals surface area contributed by atoms with Gasteiger partial charge in [-0.3, -0.25) is 4.79 Å². The van der Waals surface area contributed by atoms with Gasteiger partial charge in [0.15, 0.2) is 0 Å². The van der Waals surface area contributed by atoms with Crippen molar-refractivity contribution in [3.8, 4) is 0 Å². The maximum absolute atomic E-state index is 12.4. The Balaban J connectivity index is 2.73. The summed E-state index contributed by atoms with van der Waals surface area (Å²) in [6, 6.07) is 7.58. The second-order valence-electron chi connectivity index (χ2n) is 6.77. The first-order valence-electron chi connectivity index (χ1n) is 8.28. The molecule has 1 atom stereocenters. The lowest BCUT2D eigenvalue weighted by molar-refractivity contribution is -0.153. The van der Waals surface area contributed by atoms with E-state index in [1.54, 1.807) is 45.0 Å². The molecule has 0 bridgehead atoms. The molecule has 0 saturated heterocycles. The fourth-order valence-electron chi connectivity index (χ4n) is 1.86. The van der Waals surface area contributed by atoms with Gasteiger partial charge >= 0.3 is 18.0 Å². The molecule has 1 aromatic carbocycles. The number of ether oxygens (including phenoxy) is 3. The summed E-state index contributed by atoms with van der Waals surface area (Å²) >= 11 is 16.6. The summed E-state index contributed by atoms with van der Waals surface area (Å²) < 4.78 is 13.3. The quantitative estimate of drug-likeness (QED) is 0.381. The number of carbonyl (C=O) groups excluding carboxylic acids is 3. The minimum absolute atomic E-state index is 0.0324. The normalized spacial score (nSPS) is 12.6. The van der Waals surface area contributed by atoms with Crippen LogP contribution >= 0.6 is 34.8 Å². The molecule has 7 nitrogen and oxygen atoms in total. The third-order valence-corrected chi connectivity index (χ3v) is 3.29. The molecule has 0 aliphatic heterocycles. The van der Waals surface area contributed by atoms with Crippen LogP contribution in [0, 0.1) is 0 Å². The molecule has 0 saturated carbocycles. The molecule has 0 unspecified atom stereocenters. The second kappa shape index (κ2) is 10.7. The van der Waals surface area contributed by atoms with Gasteiger partial charge in [0.05, 0.1) is 6.42 Å². The molecule has 28 heavy (non-hydrogen) atoms. The SMILES string of the molecule is CC(C)(C)OC(=O)N[C@@H](CC(=O)OCC(Cl)(Cl)Cl)C(=O)OCc1ccccc1. The molecular weight excluding hydrogens is 433 g/mol. The smallest absolute Gasteiger partial charge is 0.408 e. The van der Waals surface area contributed by atoms with Gasteiger partial charge < -0.3 is 19.5 Å². The minimum atomic E-state index is -1.79. The van der Waals surface area contributed by atoms with Crippen molar-refractivity contribution in [1.82, 2.24) is 5.32 Å². The van der Waals surface area contributed by atoms with E-state index in [1.807, 2.05) is 6.07 Å². The first-order chi connectivity index (χ1) is 12.9. The number of esters is 2. The van der Waals surface area contributed by atoms with Crippen molar-refractivity contribution < 1.29 is 28.6 Å². The lowest BCUT2D eigenvalue weighted by Crippen LogP contribution is -2.45. The zero-order chi connectivity index (χ0) is 21.4. The Morgan fingerprint density at radius 3 is 2.18 bits per heavy atom. The average Bonchev–Trinajstić information content (AvgIpc) is 2.56. The lowest BCUT2D eigenvalue weighted by Gasteiger charge is -2.23. The van der Waals surface area contributed by atoms with Crippen molar-refractivity contribution >= 4 is 52.8 Å². The van der Waals surface area contributed by atoms with Crippen LogP contribution in [0.25, 0.3) is 0 Å². The van der Waals surface area contributed by atoms with Crippen LogP contribution in [0.2, 0.25) is 0 Å². The van der Waals surface area contributed by atoms with Crippen LogP contribution in [0.4, 0.5) is 4.79 Å². The predicted molar refractivity (Wildman–Crippen MR) is 105 cm³/mol. The fourth-order valence-corrected chi connectivity index (χ4v) is 2.02. The van der Waals surface area contributed by atoms with Crippen LogP contribution in [0.1, 0.15) is 32.8 Å². The highest BCUT2D eigenvalue weighted by atomic mass is 35.6. The molecule has 1 N–H and O–H groups in total. The molecule has 0 spiro atoms. The number of hydrogen-bond donors (Lipinski definition) is 1. The van der Waals surface area contributed by atoms with Crippen molar-refractivity contribution in [3.63, 3.8) is 0 Å². The Hall–Kier alpha value is -1.70. The van der Waals surface area contributed by atoms with Gasteiger partial charge in [0.25, 0.3) is 0 Å². The van der Waals surface area contributed by atoms with Crippen LogP contribution in [0.5, 0.6) is 0 Å². The summed E-state index contributed by atoms with van der Waals surface area (Å²) in [5, 5.41) is 2.30. The number of alkyl halides is 3. The molecule has 0 aromatic heterocycles. The van der Waals surface area contributed by atoms with Gasteiger partial charge in [-0.05, 0) is 26.3 Å². The van der Waals surface area contributed by atoms with Gasteiger partial charge in [-0.2, -0.15) is 0 Å². The van der Waals surface area contributed by atoms with E-state index in [1.165, 1.54) is 0 Å². The van der Waals surface area contributed by atoms with Crippen molar-refractivity contribution in [1.29, 1.82) is 0 Å². The molecule has 0 aliphatic rings. The summed E-state index contributed by atoms with van der Waals surface area (Å²) in [7, 11) is 0. The van der Waals surface area contributed by atoms with E-state index in [2.05, 4.69) is 5.32 Å². The average molecular weight is 455 g/mol. The van der Waals surface area contributed by atoms with Crippen molar-refractivity contribution in [2.24, 2.45) is 0 Å². The number of rotatable bonds is 7. The largest absolute Gasteiger partial charge is 0.461 e. The molecule has 1 amide bonds. The Kier molecular flexibility index (Phi) is 9.33. The maximum atomic E-state index is 12.4. The first-order valence-corrected chi connectivity index (χ1v) is 9.41. The molecule has 0 radical (unpaired) electrons. The summed E-state index contributed by atoms with van der Waals surface area (Å²) in [4.78, 5) is 36.3. The fraction of sp³-hybridized carbons (Fsp3) is 0.500. The van der Waals surface area contributed by atoms with E-state index in [0.29, 0.717) is 0 Å². The van der Waals surface area contributed by atoms with Gasteiger partial charge in [-0.15, -0.1) is 0 Å². The van der Waals surface area contributed by atoms with Crippen LogP contribution in [-0.2, 0) is 30.4 Å². The molecule has 1 rings (SSSR count). The number of benzene rings is 1. The van der Waals surface area contributed by atoms with Gasteiger partial charge in [0, 0.05) is 0 Å². The van der Waals surface area contributed by atoms with E-state index in [-0.39, 0.29) is 6.61 Å². The maximum Gasteiger partial charge on any atom is 0.408 e. The molecule has 10 heteroatoms. The lowest BCUT2D eigenvalue weighted by atomic mass is 10.2. The molecule has 0 aliphatic carbocycles. The van der Waals surface area contributed by atoms with E-state index < -0.39 is 46.5 Å². The number of hydrogen-bond acceptors (Lipinski definition) is 6. The topological polar surface area (TPSA) is 90.9 Å². The highest BCUT2D eigenvalue weighted by Gasteiger charge is 2.30. The number of nitrogens with one attached hydrogen (secondary N) is 1. The summed E-state index contributed by atoms with van der Waals surface area (Å²) in [5.41, 5.74) is -0.0518. The van der Waals surface area contributed by atoms with Crippen LogP contribution in [-0.4, -0.2) is 40.1 Å². The Labute approximate surface area is 178 Å². The number of amides is 1. The number of alkyl carbamates (subject to hydrolysis) is 1. The molecule has 156 valence electrons. The Morgan fingerprint density at radius 2 is 1.64 bits per heavy atom. The van der Waals surface area contributed by atoms with E-state index in [0.717, 1.165) is 5.56 Å². The van der Waals surface area contributed by atoms with Crippen molar-refractivity contribution in [3.05, 3.63) is 35.9 Å². The summed E-state index contributed by atoms with van der Waals surface area (Å²) in [5.74, 6) is -1.69. The highest BCUT2D eigenvalue weighted by molar-refractivity contribution is 6.67. The monoisotopic (exact) mass is 453 g/mol. The second-order valence-corrected chi connectivity index (χ2v) is 9.29. The molecular formula is C18H22Cl3NO6.